The number of fused-ring (bicyclic) bond motifs is 1. The fraction of sp³-hybridized carbons (Fsp3) is 0.0870. The Labute approximate surface area is 202 Å². The van der Waals surface area contributed by atoms with E-state index >= 15 is 0 Å². The van der Waals surface area contributed by atoms with Crippen molar-refractivity contribution in [3.63, 3.8) is 0 Å². The molecule has 5 aromatic rings. The summed E-state index contributed by atoms with van der Waals surface area (Å²) in [5.41, 5.74) is 6.25. The Kier molecular flexibility index (Phi) is 6.03. The highest BCUT2D eigenvalue weighted by Crippen LogP contribution is 2.36. The Balaban J connectivity index is 1.59. The molecule has 0 aliphatic carbocycles. The van der Waals surface area contributed by atoms with E-state index in [1.165, 1.54) is 29.7 Å². The molecular weight excluding hydrogens is 475 g/mol. The molecule has 2 aromatic carbocycles. The number of nitrogens with zero attached hydrogens (tertiary/aromatic N) is 5. The Bertz CT molecular complexity index is 1460. The van der Waals surface area contributed by atoms with Crippen LogP contribution in [0.5, 0.6) is 0 Å². The second-order valence-electron chi connectivity index (χ2n) is 7.37. The summed E-state index contributed by atoms with van der Waals surface area (Å²) in [5.74, 6) is -0.336. The van der Waals surface area contributed by atoms with Crippen molar-refractivity contribution < 1.29 is 4.39 Å². The van der Waals surface area contributed by atoms with Crippen molar-refractivity contribution >= 4 is 45.2 Å². The van der Waals surface area contributed by atoms with Crippen LogP contribution in [0.1, 0.15) is 28.6 Å². The first-order valence-electron chi connectivity index (χ1n) is 10.1. The first-order valence-corrected chi connectivity index (χ1v) is 11.5. The standard InChI is InChI=1S/C23H16ClFN8S/c24-15-5-18-21(28-9-17-11-34-12-29-17)14(7-26)8-27-23(18)19(6-15)31-22(20-10-30-33-32-20)13-1-3-16(25)4-2-13/h1-6,8,10-12,22,31H,9H2,(H,27,28)(H,30,32,33)/t22-/m0/s1. The molecule has 1 atom stereocenters. The number of benzene rings is 2. The van der Waals surface area contributed by atoms with Gasteiger partial charge in [-0.3, -0.25) is 10.1 Å². The van der Waals surface area contributed by atoms with E-state index in [0.717, 1.165) is 11.3 Å². The summed E-state index contributed by atoms with van der Waals surface area (Å²) < 4.78 is 13.6. The van der Waals surface area contributed by atoms with Crippen LogP contribution in [0.2, 0.25) is 5.02 Å². The first-order chi connectivity index (χ1) is 16.6. The van der Waals surface area contributed by atoms with Gasteiger partial charge < -0.3 is 10.6 Å². The first kappa shape index (κ1) is 21.8. The molecule has 0 saturated heterocycles. The van der Waals surface area contributed by atoms with Gasteiger partial charge in [0, 0.05) is 28.2 Å². The third kappa shape index (κ3) is 4.39. The van der Waals surface area contributed by atoms with Gasteiger partial charge in [-0.1, -0.05) is 28.9 Å². The molecule has 0 fully saturated rings. The number of aromatic nitrogens is 5. The van der Waals surface area contributed by atoms with Gasteiger partial charge in [-0.25, -0.2) is 9.37 Å². The predicted octanol–water partition coefficient (Wildman–Crippen LogP) is 5.29. The van der Waals surface area contributed by atoms with Crippen molar-refractivity contribution in [2.45, 2.75) is 12.6 Å². The van der Waals surface area contributed by atoms with Gasteiger partial charge in [0.1, 0.15) is 17.6 Å². The smallest absolute Gasteiger partial charge is 0.123 e. The summed E-state index contributed by atoms with van der Waals surface area (Å²) in [4.78, 5) is 8.83. The molecule has 8 nitrogen and oxygen atoms in total. The highest BCUT2D eigenvalue weighted by Gasteiger charge is 2.20. The minimum absolute atomic E-state index is 0.336. The third-order valence-corrected chi connectivity index (χ3v) is 6.07. The van der Waals surface area contributed by atoms with Crippen molar-refractivity contribution in [3.05, 3.63) is 93.0 Å². The zero-order valence-corrected chi connectivity index (χ0v) is 19.0. The molecule has 0 saturated carbocycles. The van der Waals surface area contributed by atoms with Gasteiger partial charge in [-0.15, -0.1) is 16.4 Å². The van der Waals surface area contributed by atoms with Gasteiger partial charge >= 0.3 is 0 Å². The van der Waals surface area contributed by atoms with Crippen molar-refractivity contribution in [1.29, 1.82) is 5.26 Å². The molecule has 0 spiro atoms. The van der Waals surface area contributed by atoms with E-state index in [9.17, 15) is 9.65 Å². The van der Waals surface area contributed by atoms with E-state index in [1.807, 2.05) is 5.38 Å². The maximum Gasteiger partial charge on any atom is 0.123 e. The van der Waals surface area contributed by atoms with Crippen LogP contribution < -0.4 is 10.6 Å². The largest absolute Gasteiger partial charge is 0.378 e. The normalized spacial score (nSPS) is 11.8. The monoisotopic (exact) mass is 490 g/mol. The molecule has 168 valence electrons. The van der Waals surface area contributed by atoms with Gasteiger partial charge in [0.2, 0.25) is 0 Å². The van der Waals surface area contributed by atoms with Gasteiger partial charge in [0.25, 0.3) is 0 Å². The van der Waals surface area contributed by atoms with E-state index in [0.29, 0.717) is 45.1 Å². The van der Waals surface area contributed by atoms with E-state index in [1.54, 1.807) is 36.0 Å². The average Bonchev–Trinajstić information content (AvgIpc) is 3.56. The molecule has 0 unspecified atom stereocenters. The molecule has 34 heavy (non-hydrogen) atoms. The lowest BCUT2D eigenvalue weighted by Gasteiger charge is -2.20. The number of thiazole rings is 1. The van der Waals surface area contributed by atoms with Crippen LogP contribution in [0.25, 0.3) is 10.9 Å². The Hall–Kier alpha value is -4.07. The van der Waals surface area contributed by atoms with Crippen molar-refractivity contribution in [3.8, 4) is 6.07 Å². The number of hydrogen-bond donors (Lipinski definition) is 3. The van der Waals surface area contributed by atoms with Crippen molar-refractivity contribution in [2.24, 2.45) is 0 Å². The maximum absolute atomic E-state index is 13.6. The summed E-state index contributed by atoms with van der Waals surface area (Å²) in [6.45, 7) is 0.448. The Morgan fingerprint density at radius 1 is 1.21 bits per heavy atom. The molecule has 3 aromatic heterocycles. The second kappa shape index (κ2) is 9.43. The molecule has 0 amide bonds. The van der Waals surface area contributed by atoms with Crippen LogP contribution in [-0.4, -0.2) is 25.4 Å². The van der Waals surface area contributed by atoms with Gasteiger partial charge in [0.05, 0.1) is 46.2 Å². The van der Waals surface area contributed by atoms with E-state index in [2.05, 4.69) is 42.1 Å². The summed E-state index contributed by atoms with van der Waals surface area (Å²) in [7, 11) is 0. The molecule has 3 heterocycles. The topological polar surface area (TPSA) is 115 Å². The second-order valence-corrected chi connectivity index (χ2v) is 8.52. The summed E-state index contributed by atoms with van der Waals surface area (Å²) in [6.07, 6.45) is 3.18. The van der Waals surface area contributed by atoms with Crippen molar-refractivity contribution in [1.82, 2.24) is 25.4 Å². The molecule has 5 rings (SSSR count). The summed E-state index contributed by atoms with van der Waals surface area (Å²) >= 11 is 7.99. The highest BCUT2D eigenvalue weighted by molar-refractivity contribution is 7.07. The number of aromatic amines is 1. The number of pyridine rings is 1. The van der Waals surface area contributed by atoms with E-state index in [-0.39, 0.29) is 5.82 Å². The SMILES string of the molecule is N#Cc1cnc2c(N[C@@H](c3ccc(F)cc3)c3c[nH]nn3)cc(Cl)cc2c1NCc1cscn1. The Morgan fingerprint density at radius 3 is 2.76 bits per heavy atom. The molecule has 0 aliphatic rings. The van der Waals surface area contributed by atoms with Crippen LogP contribution in [-0.2, 0) is 6.54 Å². The lowest BCUT2D eigenvalue weighted by Crippen LogP contribution is -2.14. The maximum atomic E-state index is 13.6. The van der Waals surface area contributed by atoms with Crippen LogP contribution in [0.15, 0.2) is 59.7 Å². The van der Waals surface area contributed by atoms with E-state index in [4.69, 9.17) is 11.6 Å². The predicted molar refractivity (Wildman–Crippen MR) is 129 cm³/mol. The van der Waals surface area contributed by atoms with Crippen LogP contribution in [0.3, 0.4) is 0 Å². The van der Waals surface area contributed by atoms with Crippen molar-refractivity contribution in [2.75, 3.05) is 10.6 Å². The number of nitrogens with one attached hydrogen (secondary N) is 3. The highest BCUT2D eigenvalue weighted by atomic mass is 35.5. The average molecular weight is 491 g/mol. The summed E-state index contributed by atoms with van der Waals surface area (Å²) in [5, 5.41) is 30.1. The zero-order valence-electron chi connectivity index (χ0n) is 17.5. The van der Waals surface area contributed by atoms with Gasteiger partial charge in [-0.2, -0.15) is 5.26 Å². The lowest BCUT2D eigenvalue weighted by atomic mass is 10.0. The summed E-state index contributed by atoms with van der Waals surface area (Å²) in [6, 6.07) is 11.4. The molecule has 0 aliphatic heterocycles. The molecular formula is C23H16ClFN8S. The molecule has 3 N–H and O–H groups in total. The van der Waals surface area contributed by atoms with Crippen LogP contribution in [0.4, 0.5) is 15.8 Å². The molecule has 0 radical (unpaired) electrons. The third-order valence-electron chi connectivity index (χ3n) is 5.22. The molecule has 0 bridgehead atoms. The number of H-pyrrole nitrogens is 1. The van der Waals surface area contributed by atoms with Gasteiger partial charge in [-0.05, 0) is 29.8 Å². The fourth-order valence-corrected chi connectivity index (χ4v) is 4.42. The fourth-order valence-electron chi connectivity index (χ4n) is 3.65. The number of hydrogen-bond acceptors (Lipinski definition) is 8. The minimum Gasteiger partial charge on any atom is -0.378 e. The number of anilines is 2. The quantitative estimate of drug-likeness (QED) is 0.284. The van der Waals surface area contributed by atoms with Crippen LogP contribution in [0, 0.1) is 17.1 Å². The zero-order chi connectivity index (χ0) is 23.5. The minimum atomic E-state index is -0.454. The number of nitriles is 1. The van der Waals surface area contributed by atoms with E-state index < -0.39 is 6.04 Å². The number of halogens is 2. The lowest BCUT2D eigenvalue weighted by molar-refractivity contribution is 0.626. The van der Waals surface area contributed by atoms with Gasteiger partial charge in [0.15, 0.2) is 0 Å². The molecule has 11 heteroatoms. The number of rotatable bonds is 7. The van der Waals surface area contributed by atoms with Crippen LogP contribution >= 0.6 is 22.9 Å². The Morgan fingerprint density at radius 2 is 2.06 bits per heavy atom.